The summed E-state index contributed by atoms with van der Waals surface area (Å²) < 4.78 is 56.2. The first-order chi connectivity index (χ1) is 28.5. The Balaban J connectivity index is 0.000000235. The summed E-state index contributed by atoms with van der Waals surface area (Å²) in [5.41, 5.74) is 1.96. The van der Waals surface area contributed by atoms with E-state index in [1.165, 1.54) is 24.3 Å². The molecule has 0 spiro atoms. The Bertz CT molecular complexity index is 2570. The molecule has 0 aliphatic rings. The summed E-state index contributed by atoms with van der Waals surface area (Å²) in [6.07, 6.45) is -4.42. The molecule has 0 atom stereocenters. The lowest BCUT2D eigenvalue weighted by atomic mass is 9.95. The maximum atomic E-state index is 14.1. The van der Waals surface area contributed by atoms with Crippen molar-refractivity contribution < 1.29 is 27.2 Å². The van der Waals surface area contributed by atoms with Crippen LogP contribution in [0.3, 0.4) is 0 Å². The van der Waals surface area contributed by atoms with Crippen molar-refractivity contribution in [3.8, 4) is 33.6 Å². The van der Waals surface area contributed by atoms with Crippen LogP contribution in [0.4, 0.5) is 17.6 Å². The molecule has 0 saturated heterocycles. The number of carbonyl (C=O) groups is 2. The molecule has 0 fully saturated rings. The first-order valence-electron chi connectivity index (χ1n) is 19.7. The van der Waals surface area contributed by atoms with Gasteiger partial charge in [-0.2, -0.15) is 22.5 Å². The van der Waals surface area contributed by atoms with E-state index in [9.17, 15) is 27.2 Å². The molecule has 0 aliphatic carbocycles. The van der Waals surface area contributed by atoms with Gasteiger partial charge >= 0.3 is 6.18 Å². The number of tetrazole rings is 2. The van der Waals surface area contributed by atoms with Gasteiger partial charge in [-0.05, 0) is 145 Å². The molecular formula is C45H51ClF4N10O2. The van der Waals surface area contributed by atoms with Gasteiger partial charge in [0.05, 0.1) is 22.0 Å². The quantitative estimate of drug-likeness (QED) is 0.157. The first-order valence-corrected chi connectivity index (χ1v) is 20.0. The van der Waals surface area contributed by atoms with Crippen molar-refractivity contribution in [3.63, 3.8) is 0 Å². The molecule has 6 rings (SSSR count). The van der Waals surface area contributed by atoms with Crippen LogP contribution in [0, 0.1) is 5.82 Å². The van der Waals surface area contributed by atoms with E-state index in [-0.39, 0.29) is 27.7 Å². The molecule has 0 bridgehead atoms. The molecule has 17 heteroatoms. The van der Waals surface area contributed by atoms with Gasteiger partial charge in [-0.1, -0.05) is 71.3 Å². The van der Waals surface area contributed by atoms with Crippen LogP contribution in [0.2, 0.25) is 5.02 Å². The molecule has 4 aromatic carbocycles. The predicted molar refractivity (Wildman–Crippen MR) is 231 cm³/mol. The molecule has 0 unspecified atom stereocenters. The van der Waals surface area contributed by atoms with Crippen molar-refractivity contribution in [2.24, 2.45) is 0 Å². The minimum absolute atomic E-state index is 0.0381. The summed E-state index contributed by atoms with van der Waals surface area (Å²) in [5, 5.41) is 30.0. The molecule has 2 heterocycles. The number of rotatable bonds is 6. The van der Waals surface area contributed by atoms with Gasteiger partial charge in [0.15, 0.2) is 11.6 Å². The van der Waals surface area contributed by atoms with E-state index in [0.29, 0.717) is 56.4 Å². The van der Waals surface area contributed by atoms with Gasteiger partial charge in [0, 0.05) is 33.0 Å². The van der Waals surface area contributed by atoms with Crippen molar-refractivity contribution in [2.45, 2.75) is 111 Å². The van der Waals surface area contributed by atoms with Crippen LogP contribution in [-0.4, -0.2) is 63.3 Å². The largest absolute Gasteiger partial charge is 0.416 e. The second-order valence-corrected chi connectivity index (χ2v) is 19.4. The highest BCUT2D eigenvalue weighted by atomic mass is 35.5. The van der Waals surface area contributed by atoms with Crippen LogP contribution in [0.1, 0.15) is 121 Å². The monoisotopic (exact) mass is 874 g/mol. The van der Waals surface area contributed by atoms with Crippen molar-refractivity contribution in [2.75, 3.05) is 0 Å². The summed E-state index contributed by atoms with van der Waals surface area (Å²) in [6.45, 7) is 23.2. The third kappa shape index (κ3) is 11.9. The molecule has 2 N–H and O–H groups in total. The number of benzene rings is 4. The third-order valence-corrected chi connectivity index (χ3v) is 9.21. The van der Waals surface area contributed by atoms with Crippen LogP contribution in [0.5, 0.6) is 0 Å². The smallest absolute Gasteiger partial charge is 0.347 e. The summed E-state index contributed by atoms with van der Waals surface area (Å²) in [6, 6.07) is 19.7. The van der Waals surface area contributed by atoms with Gasteiger partial charge in [0.25, 0.3) is 11.8 Å². The van der Waals surface area contributed by atoms with Crippen molar-refractivity contribution >= 4 is 23.4 Å². The number of amides is 2. The number of halogens is 5. The van der Waals surface area contributed by atoms with Gasteiger partial charge in [0.1, 0.15) is 5.82 Å². The first kappa shape index (κ1) is 47.0. The molecule has 12 nitrogen and oxygen atoms in total. The highest BCUT2D eigenvalue weighted by Crippen LogP contribution is 2.33. The van der Waals surface area contributed by atoms with E-state index in [1.54, 1.807) is 45.8 Å². The lowest BCUT2D eigenvalue weighted by Gasteiger charge is -2.22. The van der Waals surface area contributed by atoms with E-state index in [0.717, 1.165) is 12.1 Å². The number of aromatic nitrogens is 8. The van der Waals surface area contributed by atoms with Gasteiger partial charge < -0.3 is 10.6 Å². The Kier molecular flexibility index (Phi) is 13.2. The molecule has 328 valence electrons. The van der Waals surface area contributed by atoms with Crippen molar-refractivity contribution in [3.05, 3.63) is 118 Å². The zero-order chi connectivity index (χ0) is 46.2. The molecule has 0 aliphatic heterocycles. The molecule has 2 aromatic heterocycles. The topological polar surface area (TPSA) is 145 Å². The Morgan fingerprint density at radius 1 is 0.548 bits per heavy atom. The molecule has 2 amide bonds. The van der Waals surface area contributed by atoms with Crippen LogP contribution in [-0.2, 0) is 17.0 Å². The molecule has 0 radical (unpaired) electrons. The minimum Gasteiger partial charge on any atom is -0.347 e. The van der Waals surface area contributed by atoms with E-state index in [2.05, 4.69) is 41.7 Å². The fourth-order valence-electron chi connectivity index (χ4n) is 6.07. The summed E-state index contributed by atoms with van der Waals surface area (Å²) in [5.74, 6) is 0.148. The summed E-state index contributed by atoms with van der Waals surface area (Å²) in [4.78, 5) is 25.8. The van der Waals surface area contributed by atoms with Crippen LogP contribution >= 0.6 is 11.6 Å². The van der Waals surface area contributed by atoms with E-state index < -0.39 is 28.6 Å². The Hall–Kier alpha value is -6.03. The molecule has 62 heavy (non-hydrogen) atoms. The Morgan fingerprint density at radius 2 is 0.952 bits per heavy atom. The number of nitrogens with one attached hydrogen (secondary N) is 2. The zero-order valence-electron chi connectivity index (χ0n) is 36.8. The van der Waals surface area contributed by atoms with Gasteiger partial charge in [0.2, 0.25) is 0 Å². The fourth-order valence-corrected chi connectivity index (χ4v) is 6.19. The number of nitrogens with zero attached hydrogens (tertiary/aromatic N) is 8. The second-order valence-electron chi connectivity index (χ2n) is 19.0. The Labute approximate surface area is 363 Å². The number of hydrogen-bond acceptors (Lipinski definition) is 8. The zero-order valence-corrected chi connectivity index (χ0v) is 37.5. The van der Waals surface area contributed by atoms with Crippen LogP contribution in [0.25, 0.3) is 33.6 Å². The number of carbonyl (C=O) groups excluding carboxylic acids is 2. The third-order valence-electron chi connectivity index (χ3n) is 8.91. The predicted octanol–water partition coefficient (Wildman–Crippen LogP) is 10.1. The SMILES string of the molecule is CC(C)(C)NC(=O)c1cc(-c2ccc(C(F)(F)F)cc2)cc(-n2nnnc2C(C)(C)C)c1.CC(C)(C)NC(=O)c1cc(-c2ccc(Cl)c(F)c2)cc(-n2nnnc2C(C)(C)C)c1. The number of alkyl halides is 3. The van der Waals surface area contributed by atoms with Gasteiger partial charge in [-0.25, -0.2) is 4.39 Å². The molecule has 6 aromatic rings. The summed E-state index contributed by atoms with van der Waals surface area (Å²) >= 11 is 5.84. The van der Waals surface area contributed by atoms with Crippen molar-refractivity contribution in [1.29, 1.82) is 0 Å². The highest BCUT2D eigenvalue weighted by Gasteiger charge is 2.30. The van der Waals surface area contributed by atoms with E-state index in [1.807, 2.05) is 89.2 Å². The average Bonchev–Trinajstić information content (AvgIpc) is 3.86. The van der Waals surface area contributed by atoms with Crippen LogP contribution < -0.4 is 10.6 Å². The maximum Gasteiger partial charge on any atom is 0.416 e. The number of hydrogen-bond donors (Lipinski definition) is 2. The van der Waals surface area contributed by atoms with Gasteiger partial charge in [-0.3, -0.25) is 9.59 Å². The van der Waals surface area contributed by atoms with Gasteiger partial charge in [-0.15, -0.1) is 10.2 Å². The highest BCUT2D eigenvalue weighted by molar-refractivity contribution is 6.30. The van der Waals surface area contributed by atoms with Crippen LogP contribution in [0.15, 0.2) is 78.9 Å². The Morgan fingerprint density at radius 3 is 1.32 bits per heavy atom. The van der Waals surface area contributed by atoms with E-state index in [4.69, 9.17) is 11.6 Å². The second kappa shape index (κ2) is 17.4. The maximum absolute atomic E-state index is 14.1. The average molecular weight is 875 g/mol. The lowest BCUT2D eigenvalue weighted by molar-refractivity contribution is -0.137. The van der Waals surface area contributed by atoms with E-state index >= 15 is 0 Å². The summed E-state index contributed by atoms with van der Waals surface area (Å²) in [7, 11) is 0. The lowest BCUT2D eigenvalue weighted by Crippen LogP contribution is -2.40. The molecule has 0 saturated carbocycles. The minimum atomic E-state index is -4.42. The fraction of sp³-hybridized carbons (Fsp3) is 0.378. The standard InChI is InChI=1S/C23H26F3N5O.C22H25ClFN5O/c1-21(2,3)20-28-29-30-31(20)18-12-15(11-16(13-18)19(32)27-22(4,5)6)14-7-9-17(10-8-14)23(24,25)26;1-21(2,3)20-26-27-28-29(20)16-10-14(13-7-8-17(23)18(24)12-13)9-15(11-16)19(30)25-22(4,5)6/h7-13H,1-6H3,(H,27,32);7-12H,1-6H3,(H,25,30). The van der Waals surface area contributed by atoms with Crippen molar-refractivity contribution in [1.82, 2.24) is 51.0 Å². The normalized spacial score (nSPS) is 12.4. The molecular weight excluding hydrogens is 824 g/mol.